The Labute approximate surface area is 158 Å². The van der Waals surface area contributed by atoms with Crippen LogP contribution in [-0.4, -0.2) is 47.3 Å². The molecule has 0 radical (unpaired) electrons. The van der Waals surface area contributed by atoms with Crippen molar-refractivity contribution in [1.29, 1.82) is 5.26 Å². The summed E-state index contributed by atoms with van der Waals surface area (Å²) in [6, 6.07) is 11.0. The van der Waals surface area contributed by atoms with E-state index in [4.69, 9.17) is 9.47 Å². The molecular weight excluding hydrogens is 344 g/mol. The van der Waals surface area contributed by atoms with Crippen molar-refractivity contribution in [2.24, 2.45) is 0 Å². The maximum Gasteiger partial charge on any atom is 0.260 e. The number of fused-ring (bicyclic) bond motifs is 2. The average Bonchev–Trinajstić information content (AvgIpc) is 2.79. The van der Waals surface area contributed by atoms with Crippen LogP contribution in [0, 0.1) is 11.3 Å². The van der Waals surface area contributed by atoms with Gasteiger partial charge in [-0.05, 0) is 31.3 Å². The summed E-state index contributed by atoms with van der Waals surface area (Å²) in [4.78, 5) is 17.0. The molecule has 0 fully saturated rings. The van der Waals surface area contributed by atoms with Crippen LogP contribution in [0.1, 0.15) is 15.9 Å². The van der Waals surface area contributed by atoms with Gasteiger partial charge in [-0.3, -0.25) is 4.79 Å². The highest BCUT2D eigenvalue weighted by Crippen LogP contribution is 2.44. The summed E-state index contributed by atoms with van der Waals surface area (Å²) < 4.78 is 10.8. The second-order valence-electron chi connectivity index (χ2n) is 6.16. The minimum absolute atomic E-state index is 0.151. The standard InChI is InChI=1S/C20H22N4O3/c1-22-7-8-24-17-9-13(12-21)5-6-15(17)23(2)16-11-19(27-4)18(26-3)10-14(16)20(24)25/h5-6,9-11,22H,7-8H2,1-4H3. The van der Waals surface area contributed by atoms with Crippen LogP contribution in [0.4, 0.5) is 17.1 Å². The molecule has 7 nitrogen and oxygen atoms in total. The van der Waals surface area contributed by atoms with Gasteiger partial charge in [0.1, 0.15) is 0 Å². The van der Waals surface area contributed by atoms with E-state index < -0.39 is 0 Å². The SMILES string of the molecule is CNCCN1C(=O)c2cc(OC)c(OC)cc2N(C)c2ccc(C#N)cc21. The first-order valence-corrected chi connectivity index (χ1v) is 8.56. The van der Waals surface area contributed by atoms with E-state index in [9.17, 15) is 10.1 Å². The van der Waals surface area contributed by atoms with E-state index in [0.29, 0.717) is 41.4 Å². The fourth-order valence-electron chi connectivity index (χ4n) is 3.24. The van der Waals surface area contributed by atoms with Crippen molar-refractivity contribution in [1.82, 2.24) is 5.32 Å². The molecule has 0 aromatic heterocycles. The maximum atomic E-state index is 13.4. The third-order valence-corrected chi connectivity index (χ3v) is 4.68. The number of nitrogens with zero attached hydrogens (tertiary/aromatic N) is 3. The number of benzene rings is 2. The lowest BCUT2D eigenvalue weighted by atomic mass is 10.1. The average molecular weight is 366 g/mol. The fraction of sp³-hybridized carbons (Fsp3) is 0.300. The van der Waals surface area contributed by atoms with Crippen LogP contribution in [0.3, 0.4) is 0 Å². The highest BCUT2D eigenvalue weighted by atomic mass is 16.5. The number of rotatable bonds is 5. The maximum absolute atomic E-state index is 13.4. The van der Waals surface area contributed by atoms with Crippen LogP contribution in [0.15, 0.2) is 30.3 Å². The number of amides is 1. The molecule has 7 heteroatoms. The van der Waals surface area contributed by atoms with Crippen molar-refractivity contribution >= 4 is 23.0 Å². The van der Waals surface area contributed by atoms with Gasteiger partial charge >= 0.3 is 0 Å². The summed E-state index contributed by atoms with van der Waals surface area (Å²) in [5.74, 6) is 0.895. The summed E-state index contributed by atoms with van der Waals surface area (Å²) in [5.41, 5.74) is 3.28. The van der Waals surface area contributed by atoms with Gasteiger partial charge in [0.15, 0.2) is 11.5 Å². The van der Waals surface area contributed by atoms with Crippen molar-refractivity contribution in [2.75, 3.05) is 51.2 Å². The molecule has 0 saturated carbocycles. The van der Waals surface area contributed by atoms with Gasteiger partial charge in [0.2, 0.25) is 0 Å². The third kappa shape index (κ3) is 3.15. The predicted octanol–water partition coefficient (Wildman–Crippen LogP) is 2.52. The molecule has 140 valence electrons. The minimum Gasteiger partial charge on any atom is -0.493 e. The zero-order valence-corrected chi connectivity index (χ0v) is 15.9. The zero-order valence-electron chi connectivity index (χ0n) is 15.9. The second kappa shape index (κ2) is 7.56. The van der Waals surface area contributed by atoms with E-state index >= 15 is 0 Å². The number of nitrogens with one attached hydrogen (secondary N) is 1. The quantitative estimate of drug-likeness (QED) is 0.876. The molecule has 1 N–H and O–H groups in total. The first-order chi connectivity index (χ1) is 13.0. The van der Waals surface area contributed by atoms with Crippen molar-refractivity contribution in [3.05, 3.63) is 41.5 Å². The lowest BCUT2D eigenvalue weighted by Crippen LogP contribution is -2.36. The van der Waals surface area contributed by atoms with Gasteiger partial charge < -0.3 is 24.6 Å². The van der Waals surface area contributed by atoms with Crippen LogP contribution in [0.5, 0.6) is 11.5 Å². The number of methoxy groups -OCH3 is 2. The van der Waals surface area contributed by atoms with E-state index in [1.54, 1.807) is 43.4 Å². The smallest absolute Gasteiger partial charge is 0.260 e. The monoisotopic (exact) mass is 366 g/mol. The molecule has 0 spiro atoms. The first kappa shape index (κ1) is 18.5. The number of anilines is 3. The number of hydrogen-bond acceptors (Lipinski definition) is 6. The fourth-order valence-corrected chi connectivity index (χ4v) is 3.24. The number of carbonyl (C=O) groups is 1. The number of nitriles is 1. The van der Waals surface area contributed by atoms with Gasteiger partial charge in [0.05, 0.1) is 48.5 Å². The van der Waals surface area contributed by atoms with E-state index in [0.717, 1.165) is 11.4 Å². The van der Waals surface area contributed by atoms with Gasteiger partial charge in [-0.25, -0.2) is 0 Å². The highest BCUT2D eigenvalue weighted by molar-refractivity contribution is 6.14. The Bertz CT molecular complexity index is 920. The third-order valence-electron chi connectivity index (χ3n) is 4.68. The van der Waals surface area contributed by atoms with E-state index in [-0.39, 0.29) is 5.91 Å². The molecule has 0 aliphatic carbocycles. The molecule has 1 aliphatic heterocycles. The molecule has 2 aromatic carbocycles. The van der Waals surface area contributed by atoms with E-state index in [1.165, 1.54) is 0 Å². The Hall–Kier alpha value is -3.24. The van der Waals surface area contributed by atoms with Gasteiger partial charge in [0.25, 0.3) is 5.91 Å². The normalized spacial score (nSPS) is 12.8. The minimum atomic E-state index is -0.151. The highest BCUT2D eigenvalue weighted by Gasteiger charge is 2.31. The molecule has 0 bridgehead atoms. The zero-order chi connectivity index (χ0) is 19.6. The van der Waals surface area contributed by atoms with Gasteiger partial charge in [-0.1, -0.05) is 0 Å². The van der Waals surface area contributed by atoms with Gasteiger partial charge in [-0.2, -0.15) is 5.26 Å². The largest absolute Gasteiger partial charge is 0.493 e. The molecule has 1 heterocycles. The van der Waals surface area contributed by atoms with Crippen LogP contribution >= 0.6 is 0 Å². The van der Waals surface area contributed by atoms with Crippen molar-refractivity contribution in [2.45, 2.75) is 0 Å². The number of carbonyl (C=O) groups excluding carboxylic acids is 1. The lowest BCUT2D eigenvalue weighted by Gasteiger charge is -2.24. The molecule has 1 aliphatic rings. The van der Waals surface area contributed by atoms with Crippen LogP contribution in [-0.2, 0) is 0 Å². The predicted molar refractivity (Wildman–Crippen MR) is 104 cm³/mol. The van der Waals surface area contributed by atoms with Gasteiger partial charge in [-0.15, -0.1) is 0 Å². The van der Waals surface area contributed by atoms with Crippen LogP contribution in [0.25, 0.3) is 0 Å². The Morgan fingerprint density at radius 3 is 2.41 bits per heavy atom. The molecule has 0 saturated heterocycles. The van der Waals surface area contributed by atoms with Crippen LogP contribution in [0.2, 0.25) is 0 Å². The molecule has 27 heavy (non-hydrogen) atoms. The number of ether oxygens (including phenoxy) is 2. The Morgan fingerprint density at radius 2 is 1.78 bits per heavy atom. The topological polar surface area (TPSA) is 77.8 Å². The summed E-state index contributed by atoms with van der Waals surface area (Å²) in [6.07, 6.45) is 0. The van der Waals surface area contributed by atoms with Crippen molar-refractivity contribution in [3.8, 4) is 17.6 Å². The van der Waals surface area contributed by atoms with Crippen LogP contribution < -0.4 is 24.6 Å². The summed E-state index contributed by atoms with van der Waals surface area (Å²) >= 11 is 0. The second-order valence-corrected chi connectivity index (χ2v) is 6.16. The van der Waals surface area contributed by atoms with Gasteiger partial charge in [0, 0.05) is 26.2 Å². The van der Waals surface area contributed by atoms with E-state index in [1.807, 2.05) is 25.1 Å². The van der Waals surface area contributed by atoms with Crippen molar-refractivity contribution < 1.29 is 14.3 Å². The number of hydrogen-bond donors (Lipinski definition) is 1. The Kier molecular flexibility index (Phi) is 5.19. The first-order valence-electron chi connectivity index (χ1n) is 8.56. The Balaban J connectivity index is 2.26. The molecule has 0 atom stereocenters. The Morgan fingerprint density at radius 1 is 1.07 bits per heavy atom. The number of likely N-dealkylation sites (N-methyl/N-ethyl adjacent to an activating group) is 1. The summed E-state index contributed by atoms with van der Waals surface area (Å²) in [5, 5.41) is 12.4. The molecule has 0 unspecified atom stereocenters. The molecule has 1 amide bonds. The molecule has 3 rings (SSSR count). The lowest BCUT2D eigenvalue weighted by molar-refractivity contribution is 0.0988. The summed E-state index contributed by atoms with van der Waals surface area (Å²) in [7, 11) is 6.84. The molecule has 2 aromatic rings. The van der Waals surface area contributed by atoms with Crippen molar-refractivity contribution in [3.63, 3.8) is 0 Å². The summed E-state index contributed by atoms with van der Waals surface area (Å²) in [6.45, 7) is 1.09. The van der Waals surface area contributed by atoms with E-state index in [2.05, 4.69) is 11.4 Å². The molecular formula is C20H22N4O3.